The van der Waals surface area contributed by atoms with Crippen molar-refractivity contribution in [3.05, 3.63) is 30.1 Å². The van der Waals surface area contributed by atoms with Gasteiger partial charge in [-0.3, -0.25) is 9.78 Å². The van der Waals surface area contributed by atoms with Gasteiger partial charge in [-0.2, -0.15) is 0 Å². The number of methoxy groups -OCH3 is 1. The maximum absolute atomic E-state index is 12.5. The van der Waals surface area contributed by atoms with Crippen molar-refractivity contribution < 1.29 is 9.53 Å². The fourth-order valence-electron chi connectivity index (χ4n) is 2.65. The second-order valence-electron chi connectivity index (χ2n) is 5.55. The molecule has 1 N–H and O–H groups in total. The Kier molecular flexibility index (Phi) is 6.63. The average molecular weight is 291 g/mol. The Morgan fingerprint density at radius 2 is 2.43 bits per heavy atom. The van der Waals surface area contributed by atoms with Gasteiger partial charge in [0.05, 0.1) is 18.8 Å². The number of rotatable bonds is 7. The summed E-state index contributed by atoms with van der Waals surface area (Å²) in [4.78, 5) is 18.7. The molecule has 1 unspecified atom stereocenters. The fourth-order valence-corrected chi connectivity index (χ4v) is 2.65. The maximum Gasteiger partial charge on any atom is 0.223 e. The van der Waals surface area contributed by atoms with Crippen LogP contribution < -0.4 is 5.32 Å². The molecule has 2 heterocycles. The van der Waals surface area contributed by atoms with Crippen molar-refractivity contribution in [3.8, 4) is 0 Å². The van der Waals surface area contributed by atoms with Gasteiger partial charge in [-0.15, -0.1) is 0 Å². The van der Waals surface area contributed by atoms with Crippen molar-refractivity contribution in [2.24, 2.45) is 5.92 Å². The third-order valence-electron chi connectivity index (χ3n) is 3.86. The lowest BCUT2D eigenvalue weighted by Gasteiger charge is -2.27. The van der Waals surface area contributed by atoms with E-state index in [-0.39, 0.29) is 5.91 Å². The number of carbonyl (C=O) groups is 1. The van der Waals surface area contributed by atoms with Crippen molar-refractivity contribution in [1.82, 2.24) is 15.2 Å². The van der Waals surface area contributed by atoms with Crippen LogP contribution in [0, 0.1) is 5.92 Å². The van der Waals surface area contributed by atoms with Crippen LogP contribution in [0.2, 0.25) is 0 Å². The number of hydrogen-bond acceptors (Lipinski definition) is 4. The third-order valence-corrected chi connectivity index (χ3v) is 3.86. The molecule has 0 aromatic carbocycles. The van der Waals surface area contributed by atoms with E-state index in [1.54, 1.807) is 13.3 Å². The highest BCUT2D eigenvalue weighted by Gasteiger charge is 2.21. The van der Waals surface area contributed by atoms with Gasteiger partial charge in [-0.1, -0.05) is 6.07 Å². The molecule has 1 aliphatic rings. The quantitative estimate of drug-likeness (QED) is 0.826. The normalized spacial score (nSPS) is 18.4. The SMILES string of the molecule is COCCN(Cc1ccccn1)C(=O)CC1CCCNC1. The molecule has 2 rings (SSSR count). The summed E-state index contributed by atoms with van der Waals surface area (Å²) in [6, 6.07) is 5.79. The lowest BCUT2D eigenvalue weighted by Crippen LogP contribution is -2.38. The average Bonchev–Trinajstić information content (AvgIpc) is 2.53. The molecule has 1 aliphatic heterocycles. The molecule has 0 spiro atoms. The highest BCUT2D eigenvalue weighted by atomic mass is 16.5. The Bertz CT molecular complexity index is 419. The van der Waals surface area contributed by atoms with Crippen LogP contribution in [-0.4, -0.2) is 49.1 Å². The standard InChI is InChI=1S/C16H25N3O2/c1-21-10-9-19(13-15-6-2-3-8-18-15)16(20)11-14-5-4-7-17-12-14/h2-3,6,8,14,17H,4-5,7,9-13H2,1H3. The number of nitrogens with zero attached hydrogens (tertiary/aromatic N) is 2. The summed E-state index contributed by atoms with van der Waals surface area (Å²) >= 11 is 0. The Labute approximate surface area is 126 Å². The topological polar surface area (TPSA) is 54.5 Å². The largest absolute Gasteiger partial charge is 0.383 e. The van der Waals surface area contributed by atoms with Gasteiger partial charge in [-0.05, 0) is 44.0 Å². The van der Waals surface area contributed by atoms with Crippen molar-refractivity contribution in [2.75, 3.05) is 33.4 Å². The third kappa shape index (κ3) is 5.44. The summed E-state index contributed by atoms with van der Waals surface area (Å²) < 4.78 is 5.12. The fraction of sp³-hybridized carbons (Fsp3) is 0.625. The summed E-state index contributed by atoms with van der Waals surface area (Å²) in [6.07, 6.45) is 4.68. The molecule has 0 bridgehead atoms. The summed E-state index contributed by atoms with van der Waals surface area (Å²) in [7, 11) is 1.66. The minimum atomic E-state index is 0.200. The Morgan fingerprint density at radius 3 is 3.10 bits per heavy atom. The highest BCUT2D eigenvalue weighted by molar-refractivity contribution is 5.76. The molecule has 1 amide bonds. The second-order valence-corrected chi connectivity index (χ2v) is 5.55. The van der Waals surface area contributed by atoms with E-state index >= 15 is 0 Å². The van der Waals surface area contributed by atoms with Gasteiger partial charge in [0.2, 0.25) is 5.91 Å². The number of piperidine rings is 1. The molecule has 116 valence electrons. The number of carbonyl (C=O) groups excluding carboxylic acids is 1. The van der Waals surface area contributed by atoms with E-state index in [4.69, 9.17) is 4.74 Å². The summed E-state index contributed by atoms with van der Waals surface area (Å²) in [5.41, 5.74) is 0.920. The number of pyridine rings is 1. The smallest absolute Gasteiger partial charge is 0.223 e. The van der Waals surface area contributed by atoms with Gasteiger partial charge in [0, 0.05) is 26.3 Å². The van der Waals surface area contributed by atoms with Gasteiger partial charge in [0.15, 0.2) is 0 Å². The Morgan fingerprint density at radius 1 is 1.52 bits per heavy atom. The Balaban J connectivity index is 1.92. The van der Waals surface area contributed by atoms with E-state index < -0.39 is 0 Å². The molecule has 0 saturated carbocycles. The zero-order valence-electron chi connectivity index (χ0n) is 12.8. The first kappa shape index (κ1) is 15.9. The van der Waals surface area contributed by atoms with Gasteiger partial charge in [0.25, 0.3) is 0 Å². The van der Waals surface area contributed by atoms with Crippen LogP contribution in [0.3, 0.4) is 0 Å². The van der Waals surface area contributed by atoms with E-state index in [9.17, 15) is 4.79 Å². The number of aromatic nitrogens is 1. The molecule has 5 heteroatoms. The van der Waals surface area contributed by atoms with E-state index in [0.717, 1.165) is 31.6 Å². The summed E-state index contributed by atoms with van der Waals surface area (Å²) in [5, 5.41) is 3.36. The zero-order chi connectivity index (χ0) is 14.9. The van der Waals surface area contributed by atoms with Crippen molar-refractivity contribution in [3.63, 3.8) is 0 Å². The minimum absolute atomic E-state index is 0.200. The van der Waals surface area contributed by atoms with Crippen LogP contribution in [-0.2, 0) is 16.1 Å². The van der Waals surface area contributed by atoms with Gasteiger partial charge >= 0.3 is 0 Å². The van der Waals surface area contributed by atoms with E-state index in [1.165, 1.54) is 0 Å². The van der Waals surface area contributed by atoms with Crippen LogP contribution in [0.1, 0.15) is 25.0 Å². The molecular weight excluding hydrogens is 266 g/mol. The number of ether oxygens (including phenoxy) is 1. The maximum atomic E-state index is 12.5. The zero-order valence-corrected chi connectivity index (χ0v) is 12.8. The lowest BCUT2D eigenvalue weighted by atomic mass is 9.95. The highest BCUT2D eigenvalue weighted by Crippen LogP contribution is 2.16. The first-order chi connectivity index (χ1) is 10.3. The first-order valence-corrected chi connectivity index (χ1v) is 7.67. The van der Waals surface area contributed by atoms with E-state index in [1.807, 2.05) is 23.1 Å². The molecular formula is C16H25N3O2. The molecule has 1 aromatic rings. The van der Waals surface area contributed by atoms with E-state index in [0.29, 0.717) is 32.0 Å². The monoisotopic (exact) mass is 291 g/mol. The van der Waals surface area contributed by atoms with Crippen LogP contribution in [0.15, 0.2) is 24.4 Å². The predicted molar refractivity (Wildman–Crippen MR) is 81.7 cm³/mol. The predicted octanol–water partition coefficient (Wildman–Crippen LogP) is 1.45. The first-order valence-electron chi connectivity index (χ1n) is 7.67. The minimum Gasteiger partial charge on any atom is -0.383 e. The molecule has 0 radical (unpaired) electrons. The van der Waals surface area contributed by atoms with Gasteiger partial charge < -0.3 is 15.0 Å². The van der Waals surface area contributed by atoms with Crippen molar-refractivity contribution >= 4 is 5.91 Å². The van der Waals surface area contributed by atoms with Crippen LogP contribution in [0.5, 0.6) is 0 Å². The summed E-state index contributed by atoms with van der Waals surface area (Å²) in [5.74, 6) is 0.659. The number of nitrogens with one attached hydrogen (secondary N) is 1. The number of hydrogen-bond donors (Lipinski definition) is 1. The molecule has 1 aromatic heterocycles. The molecule has 1 atom stereocenters. The Hall–Kier alpha value is -1.46. The van der Waals surface area contributed by atoms with Crippen molar-refractivity contribution in [1.29, 1.82) is 0 Å². The molecule has 21 heavy (non-hydrogen) atoms. The lowest BCUT2D eigenvalue weighted by molar-refractivity contribution is -0.133. The van der Waals surface area contributed by atoms with Crippen LogP contribution in [0.25, 0.3) is 0 Å². The van der Waals surface area contributed by atoms with Crippen LogP contribution in [0.4, 0.5) is 0 Å². The molecule has 1 fully saturated rings. The number of amides is 1. The van der Waals surface area contributed by atoms with E-state index in [2.05, 4.69) is 10.3 Å². The van der Waals surface area contributed by atoms with Gasteiger partial charge in [-0.25, -0.2) is 0 Å². The summed E-state index contributed by atoms with van der Waals surface area (Å²) in [6.45, 7) is 3.76. The van der Waals surface area contributed by atoms with Crippen LogP contribution >= 0.6 is 0 Å². The molecule has 1 saturated heterocycles. The second kappa shape index (κ2) is 8.74. The molecule has 5 nitrogen and oxygen atoms in total. The molecule has 0 aliphatic carbocycles. The van der Waals surface area contributed by atoms with Crippen molar-refractivity contribution in [2.45, 2.75) is 25.8 Å². The van der Waals surface area contributed by atoms with Gasteiger partial charge in [0.1, 0.15) is 0 Å².